The van der Waals surface area contributed by atoms with E-state index >= 15 is 9.59 Å². The zero-order chi connectivity index (χ0) is 49.3. The highest BCUT2D eigenvalue weighted by molar-refractivity contribution is 7.46. The molecule has 14 heteroatoms. The van der Waals surface area contributed by atoms with Crippen LogP contribution in [-0.2, 0) is 34.8 Å². The Hall–Kier alpha value is -5.14. The third-order valence-corrected chi connectivity index (χ3v) is 15.5. The number of allylic oxidation sites excluding steroid dienone is 4. The van der Waals surface area contributed by atoms with Gasteiger partial charge in [0.15, 0.2) is 34.6 Å². The van der Waals surface area contributed by atoms with Gasteiger partial charge in [-0.25, -0.2) is 9.36 Å². The minimum atomic E-state index is -5.32. The van der Waals surface area contributed by atoms with Gasteiger partial charge >= 0.3 is 13.8 Å². The molecule has 4 bridgehead atoms. The van der Waals surface area contributed by atoms with Crippen LogP contribution < -0.4 is 14.0 Å². The number of carbonyl (C=O) groups excluding carboxylic acids is 3. The van der Waals surface area contributed by atoms with E-state index < -0.39 is 71.9 Å². The molecular weight excluding hydrogens is 898 g/mol. The van der Waals surface area contributed by atoms with E-state index in [4.69, 9.17) is 28.2 Å². The zero-order valence-electron chi connectivity index (χ0n) is 40.8. The molecule has 4 aliphatic heterocycles. The van der Waals surface area contributed by atoms with Crippen molar-refractivity contribution in [1.82, 2.24) is 4.90 Å². The maximum atomic E-state index is 16.3. The second-order valence-electron chi connectivity index (χ2n) is 20.8. The lowest BCUT2D eigenvalue weighted by Gasteiger charge is -2.64. The fraction of sp³-hybridized carbons (Fsp3) is 0.473. The van der Waals surface area contributed by atoms with Gasteiger partial charge in [-0.05, 0) is 104 Å². The van der Waals surface area contributed by atoms with Crippen LogP contribution in [0.5, 0.6) is 17.2 Å². The minimum Gasteiger partial charge on any atom is -0.482 e. The molecule has 0 amide bonds. The first kappa shape index (κ1) is 48.9. The van der Waals surface area contributed by atoms with Crippen molar-refractivity contribution in [3.8, 4) is 17.2 Å². The number of phosphoric ester groups is 1. The van der Waals surface area contributed by atoms with Crippen molar-refractivity contribution in [2.45, 2.75) is 122 Å². The first-order valence-corrected chi connectivity index (χ1v) is 25.6. The summed E-state index contributed by atoms with van der Waals surface area (Å²) >= 11 is 0. The number of fused-ring (bicyclic) bond motifs is 2. The van der Waals surface area contributed by atoms with E-state index in [9.17, 15) is 19.1 Å². The van der Waals surface area contributed by atoms with Gasteiger partial charge in [0.2, 0.25) is 0 Å². The molecule has 3 aromatic rings. The second-order valence-corrected chi connectivity index (χ2v) is 21.9. The third kappa shape index (κ3) is 8.57. The Morgan fingerprint density at radius 2 is 1.52 bits per heavy atom. The van der Waals surface area contributed by atoms with Gasteiger partial charge in [-0.1, -0.05) is 90.0 Å². The molecule has 7 atom stereocenters. The van der Waals surface area contributed by atoms with Crippen LogP contribution in [0.15, 0.2) is 102 Å². The lowest BCUT2D eigenvalue weighted by molar-refractivity contribution is -0.216. The Morgan fingerprint density at radius 3 is 2.13 bits per heavy atom. The molecule has 3 aliphatic carbocycles. The number of hydrogen-bond donors (Lipinski definition) is 2. The van der Waals surface area contributed by atoms with E-state index in [-0.39, 0.29) is 52.6 Å². The van der Waals surface area contributed by atoms with Crippen LogP contribution in [-0.4, -0.2) is 87.0 Å². The molecule has 10 rings (SSSR count). The molecule has 3 saturated carbocycles. The summed E-state index contributed by atoms with van der Waals surface area (Å²) in [5, 5.41) is 0. The number of Topliss-reactive ketones (excluding diaryl/α,β-unsaturated/α-hetero) is 2. The monoisotopic (exact) mass is 961 g/mol. The zero-order valence-corrected chi connectivity index (χ0v) is 41.7. The van der Waals surface area contributed by atoms with Crippen LogP contribution in [0.2, 0.25) is 0 Å². The van der Waals surface area contributed by atoms with Crippen LogP contribution in [0.1, 0.15) is 120 Å². The number of nitrogens with zero attached hydrogens (tertiary/aromatic N) is 1. The number of esters is 1. The second kappa shape index (κ2) is 18.2. The minimum absolute atomic E-state index is 0.0381. The van der Waals surface area contributed by atoms with E-state index in [1.807, 2.05) is 121 Å². The Bertz CT molecular complexity index is 2670. The lowest BCUT2D eigenvalue weighted by atomic mass is 9.44. The average molecular weight is 962 g/mol. The van der Waals surface area contributed by atoms with Gasteiger partial charge in [0.1, 0.15) is 22.7 Å². The Balaban J connectivity index is 1.23. The molecule has 13 nitrogen and oxygen atoms in total. The van der Waals surface area contributed by atoms with Gasteiger partial charge in [0.05, 0.1) is 30.3 Å². The van der Waals surface area contributed by atoms with Crippen molar-refractivity contribution < 1.29 is 56.9 Å². The maximum absolute atomic E-state index is 16.3. The highest BCUT2D eigenvalue weighted by Gasteiger charge is 2.86. The largest absolute Gasteiger partial charge is 0.524 e. The van der Waals surface area contributed by atoms with E-state index in [1.165, 1.54) is 0 Å². The van der Waals surface area contributed by atoms with Crippen LogP contribution in [0.25, 0.3) is 6.08 Å². The Morgan fingerprint density at radius 1 is 0.884 bits per heavy atom. The Kier molecular flexibility index (Phi) is 12.9. The number of hydrogen-bond acceptors (Lipinski definition) is 11. The fourth-order valence-electron chi connectivity index (χ4n) is 12.1. The first-order chi connectivity index (χ1) is 32.7. The Labute approximate surface area is 404 Å². The maximum Gasteiger partial charge on any atom is 0.524 e. The summed E-state index contributed by atoms with van der Waals surface area (Å²) in [7, 11) is -5.32. The van der Waals surface area contributed by atoms with Crippen molar-refractivity contribution in [1.29, 1.82) is 0 Å². The molecular formula is C55H64NO12P. The summed E-state index contributed by atoms with van der Waals surface area (Å²) in [5.41, 5.74) is -0.816. The van der Waals surface area contributed by atoms with Crippen molar-refractivity contribution in [3.63, 3.8) is 0 Å². The predicted octanol–water partition coefficient (Wildman–Crippen LogP) is 9.64. The molecule has 4 heterocycles. The van der Waals surface area contributed by atoms with Crippen molar-refractivity contribution in [2.24, 2.45) is 17.8 Å². The van der Waals surface area contributed by atoms with Gasteiger partial charge in [0, 0.05) is 48.5 Å². The van der Waals surface area contributed by atoms with E-state index in [0.29, 0.717) is 51.1 Å². The number of rotatable bonds is 14. The topological polar surface area (TPSA) is 167 Å². The van der Waals surface area contributed by atoms with Crippen molar-refractivity contribution in [3.05, 3.63) is 130 Å². The third-order valence-electron chi connectivity index (χ3n) is 15.1. The molecule has 0 radical (unpaired) electrons. The molecule has 7 unspecified atom stereocenters. The smallest absolute Gasteiger partial charge is 0.482 e. The number of phosphoric acid groups is 1. The average Bonchev–Trinajstić information content (AvgIpc) is 3.45. The van der Waals surface area contributed by atoms with Crippen LogP contribution in [0, 0.1) is 17.8 Å². The van der Waals surface area contributed by atoms with Crippen molar-refractivity contribution >= 4 is 31.4 Å². The quantitative estimate of drug-likeness (QED) is 0.0679. The summed E-state index contributed by atoms with van der Waals surface area (Å²) in [4.78, 5) is 69.7. The van der Waals surface area contributed by atoms with E-state index in [1.54, 1.807) is 19.1 Å². The molecule has 7 aliphatic rings. The SMILES string of the molecule is CC(C)=CCCC1(C)C=Cc2c(c(CC=C(C)C)c3c(c2OP(=O)(O)O)C(=O)C2C(N4CCOCC4)C4CC5C(C)(C)OC(C/C=C(/C)C(=O)OC(c6ccccc6)c6ccccc6)(C4=O)C25O3)O1. The fourth-order valence-corrected chi connectivity index (χ4v) is 12.5. The molecule has 5 fully saturated rings. The molecule has 366 valence electrons. The summed E-state index contributed by atoms with van der Waals surface area (Å²) < 4.78 is 52.6. The highest BCUT2D eigenvalue weighted by Crippen LogP contribution is 2.71. The number of carbonyl (C=O) groups is 3. The van der Waals surface area contributed by atoms with Gasteiger partial charge in [-0.15, -0.1) is 0 Å². The molecule has 2 saturated heterocycles. The van der Waals surface area contributed by atoms with Gasteiger partial charge in [0.25, 0.3) is 0 Å². The van der Waals surface area contributed by atoms with Crippen LogP contribution in [0.4, 0.5) is 0 Å². The number of benzene rings is 3. The molecule has 0 aromatic heterocycles. The summed E-state index contributed by atoms with van der Waals surface area (Å²) in [6.07, 6.45) is 10.4. The van der Waals surface area contributed by atoms with E-state index in [2.05, 4.69) is 11.0 Å². The lowest BCUT2D eigenvalue weighted by Crippen LogP contribution is -2.82. The number of ketones is 2. The standard InChI is InChI=1S/C55H64NO12P/c1-33(2)16-15-25-53(8)26-24-39-47(65-53)38(22-21-34(3)4)48-42(49(39)67-69(60,61)62)45(57)43-44(56-28-30-63-31-29-56)40-32-41-52(6,7)68-54(50(40)58,55(41,43)66-48)27-23-35(5)51(59)64-46(36-17-11-9-12-18-36)37-19-13-10-14-20-37/h9-14,16-21,23-24,26,40-41,43-44,46H,15,22,25,27-32H2,1-8H3,(H2,60,61,62)/b35-23-. The predicted molar refractivity (Wildman–Crippen MR) is 260 cm³/mol. The molecule has 3 aromatic carbocycles. The van der Waals surface area contributed by atoms with Crippen molar-refractivity contribution in [2.75, 3.05) is 26.3 Å². The molecule has 2 N–H and O–H groups in total. The highest BCUT2D eigenvalue weighted by atomic mass is 31.2. The van der Waals surface area contributed by atoms with Gasteiger partial charge in [-0.3, -0.25) is 24.3 Å². The normalized spacial score (nSPS) is 28.8. The number of ether oxygens (including phenoxy) is 5. The number of morpholine rings is 1. The summed E-state index contributed by atoms with van der Waals surface area (Å²) in [5.74, 6) is -3.62. The van der Waals surface area contributed by atoms with Gasteiger partial charge in [-0.2, -0.15) is 0 Å². The molecule has 1 spiro atoms. The van der Waals surface area contributed by atoms with Crippen LogP contribution in [0.3, 0.4) is 0 Å². The van der Waals surface area contributed by atoms with Gasteiger partial charge < -0.3 is 28.2 Å². The van der Waals surface area contributed by atoms with E-state index in [0.717, 1.165) is 22.3 Å². The first-order valence-electron chi connectivity index (χ1n) is 24.1. The summed E-state index contributed by atoms with van der Waals surface area (Å²) in [6, 6.07) is 18.3. The van der Waals surface area contributed by atoms with Crippen LogP contribution >= 0.6 is 7.82 Å². The molecule has 69 heavy (non-hydrogen) atoms. The summed E-state index contributed by atoms with van der Waals surface area (Å²) in [6.45, 7) is 17.1.